The van der Waals surface area contributed by atoms with Crippen LogP contribution in [0.1, 0.15) is 0 Å². The van der Waals surface area contributed by atoms with Crippen LogP contribution in [0.25, 0.3) is 16.6 Å². The van der Waals surface area contributed by atoms with E-state index in [0.29, 0.717) is 18.5 Å². The van der Waals surface area contributed by atoms with Gasteiger partial charge >= 0.3 is 0 Å². The van der Waals surface area contributed by atoms with Crippen LogP contribution < -0.4 is 9.64 Å². The maximum atomic E-state index is 5.84. The Labute approximate surface area is 169 Å². The fourth-order valence-electron chi connectivity index (χ4n) is 3.20. The van der Waals surface area contributed by atoms with Crippen LogP contribution in [0.15, 0.2) is 42.7 Å². The number of fused-ring (bicyclic) bond motifs is 1. The Morgan fingerprint density at radius 1 is 1.21 bits per heavy atom. The second-order valence-electron chi connectivity index (χ2n) is 6.93. The molecule has 1 fully saturated rings. The van der Waals surface area contributed by atoms with Gasteiger partial charge in [-0.15, -0.1) is 0 Å². The molecule has 0 spiro atoms. The third kappa shape index (κ3) is 4.09. The molecular formula is C20H25N5O2S. The molecule has 3 heterocycles. The summed E-state index contributed by atoms with van der Waals surface area (Å²) in [6, 6.07) is 9.96. The SMILES string of the molecule is COCCOc1ccccc1-n1cc2cnc(N3CC(SN(C)C)C3)cc2n1. The summed E-state index contributed by atoms with van der Waals surface area (Å²) in [5.41, 5.74) is 1.84. The van der Waals surface area contributed by atoms with Crippen LogP contribution in [0.3, 0.4) is 0 Å². The predicted octanol–water partition coefficient (Wildman–Crippen LogP) is 2.84. The highest BCUT2D eigenvalue weighted by Gasteiger charge is 2.29. The molecule has 148 valence electrons. The Morgan fingerprint density at radius 2 is 2.04 bits per heavy atom. The highest BCUT2D eigenvalue weighted by molar-refractivity contribution is 7.97. The van der Waals surface area contributed by atoms with E-state index in [2.05, 4.69) is 34.4 Å². The van der Waals surface area contributed by atoms with Gasteiger partial charge in [-0.3, -0.25) is 4.31 Å². The molecule has 1 saturated heterocycles. The summed E-state index contributed by atoms with van der Waals surface area (Å²) in [5.74, 6) is 1.77. The van der Waals surface area contributed by atoms with E-state index >= 15 is 0 Å². The third-order valence-corrected chi connectivity index (χ3v) is 5.58. The van der Waals surface area contributed by atoms with E-state index in [1.54, 1.807) is 7.11 Å². The second kappa shape index (κ2) is 8.38. The lowest BCUT2D eigenvalue weighted by molar-refractivity contribution is 0.146. The number of methoxy groups -OCH3 is 1. The van der Waals surface area contributed by atoms with Crippen molar-refractivity contribution in [2.75, 3.05) is 52.4 Å². The number of rotatable bonds is 8. The molecule has 4 rings (SSSR count). The first-order chi connectivity index (χ1) is 13.6. The van der Waals surface area contributed by atoms with Gasteiger partial charge < -0.3 is 14.4 Å². The molecule has 2 aromatic heterocycles. The van der Waals surface area contributed by atoms with Crippen molar-refractivity contribution in [1.29, 1.82) is 0 Å². The zero-order chi connectivity index (χ0) is 19.5. The molecule has 0 unspecified atom stereocenters. The summed E-state index contributed by atoms with van der Waals surface area (Å²) in [7, 11) is 5.84. The summed E-state index contributed by atoms with van der Waals surface area (Å²) < 4.78 is 14.9. The van der Waals surface area contributed by atoms with E-state index in [1.807, 2.05) is 53.3 Å². The zero-order valence-corrected chi connectivity index (χ0v) is 17.2. The number of hydrogen-bond donors (Lipinski definition) is 0. The van der Waals surface area contributed by atoms with Gasteiger partial charge in [0.15, 0.2) is 0 Å². The van der Waals surface area contributed by atoms with E-state index < -0.39 is 0 Å². The fourth-order valence-corrected chi connectivity index (χ4v) is 4.29. The summed E-state index contributed by atoms with van der Waals surface area (Å²) in [6.07, 6.45) is 3.89. The Kier molecular flexibility index (Phi) is 5.70. The minimum Gasteiger partial charge on any atom is -0.489 e. The smallest absolute Gasteiger partial charge is 0.145 e. The van der Waals surface area contributed by atoms with E-state index in [9.17, 15) is 0 Å². The molecule has 0 bridgehead atoms. The number of pyridine rings is 1. The van der Waals surface area contributed by atoms with Crippen molar-refractivity contribution in [2.24, 2.45) is 0 Å². The highest BCUT2D eigenvalue weighted by Crippen LogP contribution is 2.30. The molecular weight excluding hydrogens is 374 g/mol. The maximum Gasteiger partial charge on any atom is 0.145 e. The van der Waals surface area contributed by atoms with Crippen LogP contribution in [0.2, 0.25) is 0 Å². The normalized spacial score (nSPS) is 14.6. The Bertz CT molecular complexity index is 939. The van der Waals surface area contributed by atoms with Gasteiger partial charge in [-0.05, 0) is 26.2 Å². The number of aromatic nitrogens is 3. The lowest BCUT2D eigenvalue weighted by Gasteiger charge is -2.40. The lowest BCUT2D eigenvalue weighted by Crippen LogP contribution is -2.50. The van der Waals surface area contributed by atoms with Crippen LogP contribution >= 0.6 is 11.9 Å². The molecule has 8 heteroatoms. The van der Waals surface area contributed by atoms with Crippen LogP contribution in [-0.2, 0) is 4.74 Å². The summed E-state index contributed by atoms with van der Waals surface area (Å²) >= 11 is 1.88. The summed E-state index contributed by atoms with van der Waals surface area (Å²) in [6.45, 7) is 3.07. The van der Waals surface area contributed by atoms with Crippen molar-refractivity contribution in [3.8, 4) is 11.4 Å². The minimum absolute atomic E-state index is 0.501. The first kappa shape index (κ1) is 19.0. The standard InChI is InChI=1S/C20H25N5O2S/c1-23(2)28-16-13-24(14-16)20-10-17-15(11-21-20)12-25(22-17)18-6-4-5-7-19(18)27-9-8-26-3/h4-7,10-12,16H,8-9,13-14H2,1-3H3. The topological polar surface area (TPSA) is 55.7 Å². The average Bonchev–Trinajstić information content (AvgIpc) is 3.08. The van der Waals surface area contributed by atoms with E-state index in [-0.39, 0.29) is 0 Å². The quantitative estimate of drug-likeness (QED) is 0.426. The zero-order valence-electron chi connectivity index (χ0n) is 16.4. The highest BCUT2D eigenvalue weighted by atomic mass is 32.2. The fraction of sp³-hybridized carbons (Fsp3) is 0.400. The molecule has 0 aliphatic carbocycles. The Hall–Kier alpha value is -2.29. The van der Waals surface area contributed by atoms with E-state index in [0.717, 1.165) is 41.2 Å². The molecule has 1 aliphatic heterocycles. The maximum absolute atomic E-state index is 5.84. The van der Waals surface area contributed by atoms with Gasteiger partial charge in [0.25, 0.3) is 0 Å². The predicted molar refractivity (Wildman–Crippen MR) is 114 cm³/mol. The molecule has 0 radical (unpaired) electrons. The Balaban J connectivity index is 1.53. The molecule has 1 aliphatic rings. The van der Waals surface area contributed by atoms with Crippen LogP contribution in [-0.4, -0.2) is 71.8 Å². The average molecular weight is 400 g/mol. The second-order valence-corrected chi connectivity index (χ2v) is 8.54. The van der Waals surface area contributed by atoms with E-state index in [4.69, 9.17) is 14.6 Å². The number of benzene rings is 1. The van der Waals surface area contributed by atoms with Gasteiger partial charge in [-0.1, -0.05) is 24.1 Å². The molecule has 1 aromatic carbocycles. The first-order valence-electron chi connectivity index (χ1n) is 9.29. The molecule has 7 nitrogen and oxygen atoms in total. The van der Waals surface area contributed by atoms with Gasteiger partial charge in [-0.25, -0.2) is 9.67 Å². The van der Waals surface area contributed by atoms with Gasteiger partial charge in [0.2, 0.25) is 0 Å². The van der Waals surface area contributed by atoms with Crippen molar-refractivity contribution in [2.45, 2.75) is 5.25 Å². The van der Waals surface area contributed by atoms with Gasteiger partial charge in [0.1, 0.15) is 23.9 Å². The number of hydrogen-bond acceptors (Lipinski definition) is 7. The van der Waals surface area contributed by atoms with Crippen LogP contribution in [0, 0.1) is 0 Å². The van der Waals surface area contributed by atoms with Crippen molar-refractivity contribution >= 4 is 28.7 Å². The van der Waals surface area contributed by atoms with Crippen molar-refractivity contribution < 1.29 is 9.47 Å². The lowest BCUT2D eigenvalue weighted by atomic mass is 10.2. The molecule has 3 aromatic rings. The third-order valence-electron chi connectivity index (χ3n) is 4.56. The summed E-state index contributed by atoms with van der Waals surface area (Å²) in [4.78, 5) is 6.93. The molecule has 0 N–H and O–H groups in total. The van der Waals surface area contributed by atoms with Crippen molar-refractivity contribution in [1.82, 2.24) is 19.1 Å². The largest absolute Gasteiger partial charge is 0.489 e. The molecule has 0 atom stereocenters. The van der Waals surface area contributed by atoms with Crippen molar-refractivity contribution in [3.05, 3.63) is 42.7 Å². The molecule has 0 saturated carbocycles. The van der Waals surface area contributed by atoms with Gasteiger partial charge in [-0.2, -0.15) is 5.10 Å². The number of ether oxygens (including phenoxy) is 2. The monoisotopic (exact) mass is 399 g/mol. The number of anilines is 1. The first-order valence-corrected chi connectivity index (χ1v) is 10.1. The van der Waals surface area contributed by atoms with Crippen LogP contribution in [0.4, 0.5) is 5.82 Å². The van der Waals surface area contributed by atoms with E-state index in [1.165, 1.54) is 0 Å². The Morgan fingerprint density at radius 3 is 2.82 bits per heavy atom. The number of nitrogens with zero attached hydrogens (tertiary/aromatic N) is 5. The minimum atomic E-state index is 0.501. The summed E-state index contributed by atoms with van der Waals surface area (Å²) in [5, 5.41) is 6.40. The molecule has 0 amide bonds. The van der Waals surface area contributed by atoms with Crippen LogP contribution in [0.5, 0.6) is 5.75 Å². The van der Waals surface area contributed by atoms with Gasteiger partial charge in [0.05, 0.1) is 17.4 Å². The number of para-hydroxylation sites is 2. The van der Waals surface area contributed by atoms with Crippen molar-refractivity contribution in [3.63, 3.8) is 0 Å². The van der Waals surface area contributed by atoms with Gasteiger partial charge in [0, 0.05) is 44.0 Å². The molecule has 28 heavy (non-hydrogen) atoms.